The first kappa shape index (κ1) is 38.3. The predicted octanol–water partition coefficient (Wildman–Crippen LogP) is 4.24. The molecule has 0 radical (unpaired) electrons. The highest BCUT2D eigenvalue weighted by Crippen LogP contribution is 2.37. The summed E-state index contributed by atoms with van der Waals surface area (Å²) >= 11 is 0. The van der Waals surface area contributed by atoms with Crippen LogP contribution in [0.1, 0.15) is 77.3 Å². The SMILES string of the molecule is CC1CC[C@](NC(=O)[C@@H]2C[C@@H](OC(=O)N3Cc4cccc(F)c4C3)CN2C(=O)[C@@H](Nc2ccc(-n3cccn3)cc2)C(C)(C)C)(C(=O)NS(=O)(=O)C2CC2)C1. The van der Waals surface area contributed by atoms with Gasteiger partial charge in [-0.15, -0.1) is 0 Å². The highest BCUT2D eigenvalue weighted by Gasteiger charge is 2.52. The molecule has 5 atom stereocenters. The second-order valence-corrected chi connectivity index (χ2v) is 18.5. The molecule has 0 spiro atoms. The number of halogens is 1. The van der Waals surface area contributed by atoms with E-state index in [2.05, 4.69) is 20.5 Å². The first-order valence-electron chi connectivity index (χ1n) is 18.8. The van der Waals surface area contributed by atoms with Gasteiger partial charge in [-0.05, 0) is 85.4 Å². The largest absolute Gasteiger partial charge is 0.444 e. The van der Waals surface area contributed by atoms with Crippen LogP contribution in [0, 0.1) is 17.2 Å². The van der Waals surface area contributed by atoms with Crippen LogP contribution in [0.4, 0.5) is 14.9 Å². The van der Waals surface area contributed by atoms with Crippen molar-refractivity contribution in [2.45, 2.75) is 108 Å². The maximum Gasteiger partial charge on any atom is 0.410 e. The van der Waals surface area contributed by atoms with Crippen molar-refractivity contribution >= 4 is 39.5 Å². The van der Waals surface area contributed by atoms with E-state index in [0.717, 1.165) is 5.69 Å². The van der Waals surface area contributed by atoms with Gasteiger partial charge in [0.05, 0.1) is 24.0 Å². The number of hydrogen-bond acceptors (Lipinski definition) is 9. The predicted molar refractivity (Wildman–Crippen MR) is 200 cm³/mol. The third-order valence-electron chi connectivity index (χ3n) is 11.1. The molecule has 14 nitrogen and oxygen atoms in total. The summed E-state index contributed by atoms with van der Waals surface area (Å²) in [5.41, 5.74) is 0.384. The lowest BCUT2D eigenvalue weighted by molar-refractivity contribution is -0.142. The van der Waals surface area contributed by atoms with E-state index in [1.165, 1.54) is 15.9 Å². The highest BCUT2D eigenvalue weighted by molar-refractivity contribution is 7.91. The third-order valence-corrected chi connectivity index (χ3v) is 12.9. The number of nitrogens with zero attached hydrogens (tertiary/aromatic N) is 4. The van der Waals surface area contributed by atoms with E-state index in [4.69, 9.17) is 4.74 Å². The second-order valence-electron chi connectivity index (χ2n) is 16.5. The van der Waals surface area contributed by atoms with E-state index in [-0.39, 0.29) is 44.8 Å². The molecule has 0 bridgehead atoms. The fourth-order valence-electron chi connectivity index (χ4n) is 7.89. The van der Waals surface area contributed by atoms with Crippen molar-refractivity contribution in [3.05, 3.63) is 77.9 Å². The Morgan fingerprint density at radius 3 is 2.38 bits per heavy atom. The van der Waals surface area contributed by atoms with Crippen LogP contribution < -0.4 is 15.4 Å². The number of fused-ring (bicyclic) bond motifs is 1. The summed E-state index contributed by atoms with van der Waals surface area (Å²) in [5, 5.41) is 9.88. The van der Waals surface area contributed by atoms with Gasteiger partial charge in [-0.1, -0.05) is 39.8 Å². The van der Waals surface area contributed by atoms with E-state index in [1.54, 1.807) is 23.0 Å². The first-order chi connectivity index (χ1) is 26.0. The van der Waals surface area contributed by atoms with E-state index in [0.29, 0.717) is 36.1 Å². The van der Waals surface area contributed by atoms with Gasteiger partial charge in [0, 0.05) is 36.6 Å². The minimum Gasteiger partial charge on any atom is -0.444 e. The van der Waals surface area contributed by atoms with Gasteiger partial charge in [-0.2, -0.15) is 5.10 Å². The summed E-state index contributed by atoms with van der Waals surface area (Å²) in [6, 6.07) is 11.9. The van der Waals surface area contributed by atoms with Crippen molar-refractivity contribution in [1.82, 2.24) is 29.6 Å². The van der Waals surface area contributed by atoms with E-state index >= 15 is 0 Å². The molecule has 2 aromatic carbocycles. The van der Waals surface area contributed by atoms with Crippen molar-refractivity contribution < 1.29 is 36.7 Å². The number of ether oxygens (including phenoxy) is 1. The molecule has 4 aliphatic rings. The summed E-state index contributed by atoms with van der Waals surface area (Å²) in [5.74, 6) is -2.25. The number of nitrogens with one attached hydrogen (secondary N) is 3. The van der Waals surface area contributed by atoms with Gasteiger partial charge in [-0.25, -0.2) is 22.3 Å². The van der Waals surface area contributed by atoms with Gasteiger partial charge in [0.15, 0.2) is 0 Å². The number of carbonyl (C=O) groups excluding carboxylic acids is 4. The van der Waals surface area contributed by atoms with Crippen LogP contribution >= 0.6 is 0 Å². The number of likely N-dealkylation sites (tertiary alicyclic amines) is 1. The Morgan fingerprint density at radius 2 is 1.76 bits per heavy atom. The van der Waals surface area contributed by atoms with Gasteiger partial charge >= 0.3 is 6.09 Å². The summed E-state index contributed by atoms with van der Waals surface area (Å²) in [4.78, 5) is 59.2. The molecule has 1 aromatic heterocycles. The van der Waals surface area contributed by atoms with Gasteiger partial charge in [0.2, 0.25) is 21.8 Å². The van der Waals surface area contributed by atoms with Crippen molar-refractivity contribution in [2.75, 3.05) is 11.9 Å². The van der Waals surface area contributed by atoms with Crippen LogP contribution in [-0.2, 0) is 42.2 Å². The van der Waals surface area contributed by atoms with Crippen LogP contribution in [0.25, 0.3) is 5.69 Å². The van der Waals surface area contributed by atoms with E-state index < -0.39 is 74.0 Å². The smallest absolute Gasteiger partial charge is 0.410 e. The van der Waals surface area contributed by atoms with Crippen LogP contribution in [0.15, 0.2) is 60.9 Å². The number of benzene rings is 2. The maximum atomic E-state index is 14.7. The van der Waals surface area contributed by atoms with Crippen molar-refractivity contribution in [3.8, 4) is 5.69 Å². The topological polar surface area (TPSA) is 172 Å². The van der Waals surface area contributed by atoms with Gasteiger partial charge in [-0.3, -0.25) is 24.0 Å². The fraction of sp³-hybridized carbons (Fsp3) is 0.513. The number of sulfonamides is 1. The van der Waals surface area contributed by atoms with Crippen LogP contribution in [0.5, 0.6) is 0 Å². The monoisotopic (exact) mass is 777 g/mol. The minimum atomic E-state index is -3.90. The van der Waals surface area contributed by atoms with E-state index in [1.807, 2.05) is 64.2 Å². The van der Waals surface area contributed by atoms with Gasteiger partial charge < -0.3 is 20.3 Å². The lowest BCUT2D eigenvalue weighted by Gasteiger charge is -2.37. The third kappa shape index (κ3) is 8.05. The Balaban J connectivity index is 1.14. The van der Waals surface area contributed by atoms with Crippen molar-refractivity contribution in [3.63, 3.8) is 0 Å². The molecule has 1 saturated heterocycles. The zero-order valence-corrected chi connectivity index (χ0v) is 32.3. The number of amides is 4. The Hall–Kier alpha value is -4.99. The summed E-state index contributed by atoms with van der Waals surface area (Å²) < 4.78 is 50.0. The Labute approximate surface area is 320 Å². The molecule has 16 heteroatoms. The standard InChI is InChI=1S/C39H48FN7O7S/c1-24-15-16-39(20-24,36(50)44-55(52,53)29-13-14-29)43-34(48)32-19-28(54-37(51)45-21-25-7-5-8-31(40)30(25)23-45)22-46(32)35(49)33(38(2,3)4)42-26-9-11-27(12-10-26)47-18-6-17-41-47/h5-12,17-18,24,28-29,32-33,42H,13-16,19-23H2,1-4H3,(H,43,48)(H,44,50)/t24?,28-,32+,33-,39-/m1/s1. The molecule has 2 aliphatic carbocycles. The maximum absolute atomic E-state index is 14.7. The number of anilines is 1. The molecule has 7 rings (SSSR count). The van der Waals surface area contributed by atoms with Crippen LogP contribution in [0.3, 0.4) is 0 Å². The molecule has 3 aromatic rings. The Kier molecular flexibility index (Phi) is 10.2. The Morgan fingerprint density at radius 1 is 1.02 bits per heavy atom. The van der Waals surface area contributed by atoms with Crippen molar-refractivity contribution in [2.24, 2.45) is 11.3 Å². The summed E-state index contributed by atoms with van der Waals surface area (Å²) in [6.45, 7) is 7.68. The van der Waals surface area contributed by atoms with Crippen molar-refractivity contribution in [1.29, 1.82) is 0 Å². The number of rotatable bonds is 10. The first-order valence-corrected chi connectivity index (χ1v) is 20.3. The molecule has 55 heavy (non-hydrogen) atoms. The normalized spacial score (nSPS) is 24.3. The quantitative estimate of drug-likeness (QED) is 0.272. The fourth-order valence-corrected chi connectivity index (χ4v) is 9.27. The molecule has 1 unspecified atom stereocenters. The van der Waals surface area contributed by atoms with E-state index in [9.17, 15) is 32.0 Å². The van der Waals surface area contributed by atoms with Gasteiger partial charge in [0.1, 0.15) is 29.5 Å². The highest BCUT2D eigenvalue weighted by atomic mass is 32.2. The lowest BCUT2D eigenvalue weighted by atomic mass is 9.85. The molecule has 3 fully saturated rings. The summed E-state index contributed by atoms with van der Waals surface area (Å²) in [7, 11) is -3.90. The van der Waals surface area contributed by atoms with Crippen LogP contribution in [0.2, 0.25) is 0 Å². The second kappa shape index (κ2) is 14.6. The molecule has 2 saturated carbocycles. The number of hydrogen-bond donors (Lipinski definition) is 3. The molecule has 3 N–H and O–H groups in total. The average molecular weight is 778 g/mol. The molecular formula is C39H48FN7O7S. The molecule has 294 valence electrons. The Bertz CT molecular complexity index is 2070. The zero-order chi connectivity index (χ0) is 39.3. The van der Waals surface area contributed by atoms with Crippen LogP contribution in [-0.4, -0.2) is 87.3 Å². The molecular weight excluding hydrogens is 730 g/mol. The molecule has 4 amide bonds. The summed E-state index contributed by atoms with van der Waals surface area (Å²) in [6.07, 6.45) is 3.77. The van der Waals surface area contributed by atoms with Gasteiger partial charge in [0.25, 0.3) is 5.91 Å². The molecule has 2 aliphatic heterocycles. The zero-order valence-electron chi connectivity index (χ0n) is 31.5. The molecule has 3 heterocycles. The number of aromatic nitrogens is 2. The average Bonchev–Trinajstić information content (AvgIpc) is 3.46. The lowest BCUT2D eigenvalue weighted by Crippen LogP contribution is -2.62. The number of carbonyl (C=O) groups is 4. The minimum absolute atomic E-state index is 0.0215.